The smallest absolute Gasteiger partial charge is 0.220 e. The lowest BCUT2D eigenvalue weighted by molar-refractivity contribution is -0.121. The van der Waals surface area contributed by atoms with Crippen LogP contribution in [0.5, 0.6) is 0 Å². The fourth-order valence-corrected chi connectivity index (χ4v) is 3.14. The van der Waals surface area contributed by atoms with Gasteiger partial charge < -0.3 is 14.3 Å². The van der Waals surface area contributed by atoms with Crippen LogP contribution in [0.3, 0.4) is 0 Å². The van der Waals surface area contributed by atoms with Gasteiger partial charge in [0.15, 0.2) is 11.7 Å². The van der Waals surface area contributed by atoms with E-state index in [1.54, 1.807) is 12.3 Å². The van der Waals surface area contributed by atoms with Crippen LogP contribution in [0.2, 0.25) is 0 Å². The molecule has 28 heavy (non-hydrogen) atoms. The van der Waals surface area contributed by atoms with Gasteiger partial charge in [-0.25, -0.2) is 9.37 Å². The zero-order chi connectivity index (χ0) is 19.3. The van der Waals surface area contributed by atoms with Crippen molar-refractivity contribution in [3.8, 4) is 11.3 Å². The molecule has 0 fully saturated rings. The van der Waals surface area contributed by atoms with Gasteiger partial charge in [0.1, 0.15) is 5.82 Å². The second-order valence-corrected chi connectivity index (χ2v) is 6.55. The van der Waals surface area contributed by atoms with Crippen LogP contribution in [0.25, 0.3) is 22.2 Å². The molecular formula is C22H20FN3O2. The number of aryl methyl sites for hydroxylation is 1. The summed E-state index contributed by atoms with van der Waals surface area (Å²) >= 11 is 0. The molecule has 0 saturated heterocycles. The molecule has 6 heteroatoms. The van der Waals surface area contributed by atoms with Crippen LogP contribution >= 0.6 is 0 Å². The SMILES string of the molecule is O=C(CCc1ncc(-c2ccccc2)o1)NCCn1ccc2ccc(F)cc21. The number of aromatic nitrogens is 2. The molecule has 2 heterocycles. The average Bonchev–Trinajstić information content (AvgIpc) is 3.34. The monoisotopic (exact) mass is 377 g/mol. The lowest BCUT2D eigenvalue weighted by Gasteiger charge is -2.07. The van der Waals surface area contributed by atoms with E-state index in [0.717, 1.165) is 16.5 Å². The molecule has 0 aliphatic carbocycles. The first-order valence-corrected chi connectivity index (χ1v) is 9.20. The predicted octanol–water partition coefficient (Wildman–Crippen LogP) is 4.18. The van der Waals surface area contributed by atoms with E-state index in [1.807, 2.05) is 47.2 Å². The van der Waals surface area contributed by atoms with Crippen molar-refractivity contribution >= 4 is 16.8 Å². The number of amides is 1. The van der Waals surface area contributed by atoms with E-state index in [1.165, 1.54) is 12.1 Å². The van der Waals surface area contributed by atoms with Crippen molar-refractivity contribution in [2.45, 2.75) is 19.4 Å². The molecule has 2 aromatic carbocycles. The normalized spacial score (nSPS) is 11.0. The summed E-state index contributed by atoms with van der Waals surface area (Å²) in [6.07, 6.45) is 4.32. The average molecular weight is 377 g/mol. The molecule has 0 radical (unpaired) electrons. The second kappa shape index (κ2) is 8.08. The minimum absolute atomic E-state index is 0.0675. The summed E-state index contributed by atoms with van der Waals surface area (Å²) in [6.45, 7) is 1.05. The summed E-state index contributed by atoms with van der Waals surface area (Å²) in [5, 5.41) is 3.86. The maximum Gasteiger partial charge on any atom is 0.220 e. The van der Waals surface area contributed by atoms with Crippen LogP contribution in [0.1, 0.15) is 12.3 Å². The van der Waals surface area contributed by atoms with Gasteiger partial charge in [-0.3, -0.25) is 4.79 Å². The summed E-state index contributed by atoms with van der Waals surface area (Å²) in [5.41, 5.74) is 1.78. The quantitative estimate of drug-likeness (QED) is 0.525. The van der Waals surface area contributed by atoms with E-state index in [-0.39, 0.29) is 11.7 Å². The summed E-state index contributed by atoms with van der Waals surface area (Å²) in [7, 11) is 0. The van der Waals surface area contributed by atoms with Crippen molar-refractivity contribution in [2.75, 3.05) is 6.54 Å². The molecule has 0 aliphatic heterocycles. The lowest BCUT2D eigenvalue weighted by Crippen LogP contribution is -2.27. The maximum absolute atomic E-state index is 13.4. The third-order valence-corrected chi connectivity index (χ3v) is 4.59. The van der Waals surface area contributed by atoms with Crippen LogP contribution in [-0.4, -0.2) is 22.0 Å². The van der Waals surface area contributed by atoms with Crippen LogP contribution in [0.4, 0.5) is 4.39 Å². The number of benzene rings is 2. The number of rotatable bonds is 7. The molecule has 0 aliphatic rings. The first-order valence-electron chi connectivity index (χ1n) is 9.20. The van der Waals surface area contributed by atoms with Crippen molar-refractivity contribution in [1.82, 2.24) is 14.9 Å². The van der Waals surface area contributed by atoms with Gasteiger partial charge in [-0.05, 0) is 29.7 Å². The highest BCUT2D eigenvalue weighted by molar-refractivity contribution is 5.80. The molecule has 0 saturated carbocycles. The minimum atomic E-state index is -0.266. The van der Waals surface area contributed by atoms with Gasteiger partial charge in [-0.1, -0.05) is 30.3 Å². The van der Waals surface area contributed by atoms with E-state index in [9.17, 15) is 9.18 Å². The van der Waals surface area contributed by atoms with Gasteiger partial charge in [-0.15, -0.1) is 0 Å². The maximum atomic E-state index is 13.4. The lowest BCUT2D eigenvalue weighted by atomic mass is 10.2. The molecule has 1 N–H and O–H groups in total. The van der Waals surface area contributed by atoms with Gasteiger partial charge in [0.2, 0.25) is 5.91 Å². The van der Waals surface area contributed by atoms with Crippen LogP contribution in [0.15, 0.2) is 71.4 Å². The van der Waals surface area contributed by atoms with Crippen LogP contribution in [-0.2, 0) is 17.8 Å². The number of hydrogen-bond acceptors (Lipinski definition) is 3. The van der Waals surface area contributed by atoms with E-state index < -0.39 is 0 Å². The molecule has 5 nitrogen and oxygen atoms in total. The molecule has 4 rings (SSSR count). The Balaban J connectivity index is 1.26. The van der Waals surface area contributed by atoms with Gasteiger partial charge in [-0.2, -0.15) is 0 Å². The van der Waals surface area contributed by atoms with Gasteiger partial charge >= 0.3 is 0 Å². The highest BCUT2D eigenvalue weighted by Gasteiger charge is 2.09. The Bertz CT molecular complexity index is 1090. The van der Waals surface area contributed by atoms with Crippen molar-refractivity contribution < 1.29 is 13.6 Å². The standard InChI is InChI=1S/C22H20FN3O2/c23-18-7-6-16-10-12-26(19(16)14-18)13-11-24-21(27)8-9-22-25-15-20(28-22)17-4-2-1-3-5-17/h1-7,10,12,14-15H,8-9,11,13H2,(H,24,27). The van der Waals surface area contributed by atoms with E-state index in [2.05, 4.69) is 10.3 Å². The van der Waals surface area contributed by atoms with Crippen molar-refractivity contribution in [1.29, 1.82) is 0 Å². The topological polar surface area (TPSA) is 60.1 Å². The van der Waals surface area contributed by atoms with Gasteiger partial charge in [0.05, 0.1) is 11.7 Å². The second-order valence-electron chi connectivity index (χ2n) is 6.55. The largest absolute Gasteiger partial charge is 0.441 e. The summed E-state index contributed by atoms with van der Waals surface area (Å²) < 4.78 is 21.1. The first kappa shape index (κ1) is 18.0. The number of nitrogens with zero attached hydrogens (tertiary/aromatic N) is 2. The molecule has 4 aromatic rings. The summed E-state index contributed by atoms with van der Waals surface area (Å²) in [6, 6.07) is 16.4. The Hall–Kier alpha value is -3.41. The number of fused-ring (bicyclic) bond motifs is 1. The van der Waals surface area contributed by atoms with E-state index in [4.69, 9.17) is 4.42 Å². The van der Waals surface area contributed by atoms with Crippen molar-refractivity contribution in [3.05, 3.63) is 78.7 Å². The Morgan fingerprint density at radius 2 is 2.00 bits per heavy atom. The minimum Gasteiger partial charge on any atom is -0.441 e. The van der Waals surface area contributed by atoms with Crippen molar-refractivity contribution in [3.63, 3.8) is 0 Å². The first-order chi connectivity index (χ1) is 13.7. The van der Waals surface area contributed by atoms with Gasteiger partial charge in [0, 0.05) is 37.7 Å². The summed E-state index contributed by atoms with van der Waals surface area (Å²) in [4.78, 5) is 16.3. The zero-order valence-corrected chi connectivity index (χ0v) is 15.3. The van der Waals surface area contributed by atoms with Crippen LogP contribution in [0, 0.1) is 5.82 Å². The van der Waals surface area contributed by atoms with E-state index >= 15 is 0 Å². The third-order valence-electron chi connectivity index (χ3n) is 4.59. The Kier molecular flexibility index (Phi) is 5.19. The summed E-state index contributed by atoms with van der Waals surface area (Å²) in [5.74, 6) is 0.906. The predicted molar refractivity (Wildman–Crippen MR) is 105 cm³/mol. The molecule has 0 unspecified atom stereocenters. The van der Waals surface area contributed by atoms with Gasteiger partial charge in [0.25, 0.3) is 0 Å². The number of carbonyl (C=O) groups is 1. The number of halogens is 1. The van der Waals surface area contributed by atoms with Crippen LogP contribution < -0.4 is 5.32 Å². The molecule has 0 spiro atoms. The molecular weight excluding hydrogens is 357 g/mol. The Morgan fingerprint density at radius 1 is 1.14 bits per heavy atom. The molecule has 142 valence electrons. The molecule has 1 amide bonds. The number of carbonyl (C=O) groups excluding carboxylic acids is 1. The third kappa shape index (κ3) is 4.11. The molecule has 0 bridgehead atoms. The van der Waals surface area contributed by atoms with E-state index in [0.29, 0.717) is 37.6 Å². The fourth-order valence-electron chi connectivity index (χ4n) is 3.14. The fraction of sp³-hybridized carbons (Fsp3) is 0.182. The highest BCUT2D eigenvalue weighted by atomic mass is 19.1. The number of oxazole rings is 1. The molecule has 0 atom stereocenters. The molecule has 2 aromatic heterocycles. The number of hydrogen-bond donors (Lipinski definition) is 1. The Labute approximate surface area is 161 Å². The number of nitrogens with one attached hydrogen (secondary N) is 1. The zero-order valence-electron chi connectivity index (χ0n) is 15.3. The Morgan fingerprint density at radius 3 is 2.86 bits per heavy atom. The van der Waals surface area contributed by atoms with Crippen molar-refractivity contribution in [2.24, 2.45) is 0 Å². The highest BCUT2D eigenvalue weighted by Crippen LogP contribution is 2.20.